The maximum absolute atomic E-state index is 13.0. The molecule has 0 unspecified atom stereocenters. The van der Waals surface area contributed by atoms with Gasteiger partial charge in [0.1, 0.15) is 22.7 Å². The van der Waals surface area contributed by atoms with Crippen molar-refractivity contribution in [1.29, 1.82) is 0 Å². The number of carbonyl (C=O) groups is 1. The smallest absolute Gasteiger partial charge is 0.261 e. The second-order valence-corrected chi connectivity index (χ2v) is 9.33. The van der Waals surface area contributed by atoms with Crippen LogP contribution < -0.4 is 10.2 Å². The van der Waals surface area contributed by atoms with Gasteiger partial charge in [0, 0.05) is 52.9 Å². The molecule has 1 fully saturated rings. The average molecular weight is 473 g/mol. The zero-order chi connectivity index (χ0) is 23.2. The highest BCUT2D eigenvalue weighted by atomic mass is 32.1. The Balaban J connectivity index is 1.42. The minimum Gasteiger partial charge on any atom is -0.468 e. The Hall–Kier alpha value is -2.53. The summed E-state index contributed by atoms with van der Waals surface area (Å²) < 4.78 is 10.7. The summed E-state index contributed by atoms with van der Waals surface area (Å²) in [5.41, 5.74) is 0.953. The summed E-state index contributed by atoms with van der Waals surface area (Å²) in [5.74, 6) is 1.77. The van der Waals surface area contributed by atoms with Gasteiger partial charge in [0.15, 0.2) is 0 Å². The summed E-state index contributed by atoms with van der Waals surface area (Å²) in [4.78, 5) is 30.5. The van der Waals surface area contributed by atoms with Crippen molar-refractivity contribution in [3.05, 3.63) is 40.9 Å². The van der Waals surface area contributed by atoms with E-state index in [0.29, 0.717) is 31.1 Å². The number of anilines is 1. The van der Waals surface area contributed by atoms with Gasteiger partial charge in [-0.3, -0.25) is 9.69 Å². The molecule has 0 aliphatic carbocycles. The van der Waals surface area contributed by atoms with Gasteiger partial charge in [-0.05, 0) is 31.7 Å². The van der Waals surface area contributed by atoms with Crippen LogP contribution in [0, 0.1) is 6.92 Å². The molecule has 0 atom stereocenters. The molecule has 1 aliphatic heterocycles. The van der Waals surface area contributed by atoms with Gasteiger partial charge in [-0.1, -0.05) is 0 Å². The number of piperazine rings is 1. The summed E-state index contributed by atoms with van der Waals surface area (Å²) in [5, 5.41) is 4.08. The third kappa shape index (κ3) is 5.70. The lowest BCUT2D eigenvalue weighted by Crippen LogP contribution is -2.44. The summed E-state index contributed by atoms with van der Waals surface area (Å²) >= 11 is 1.44. The second-order valence-electron chi connectivity index (χ2n) is 8.33. The Kier molecular flexibility index (Phi) is 7.92. The molecule has 3 aromatic heterocycles. The van der Waals surface area contributed by atoms with E-state index in [2.05, 4.69) is 37.0 Å². The third-order valence-electron chi connectivity index (χ3n) is 6.00. The quantitative estimate of drug-likeness (QED) is 0.481. The lowest BCUT2D eigenvalue weighted by atomic mass is 10.1. The first-order chi connectivity index (χ1) is 16.1. The molecular weight excluding hydrogens is 440 g/mol. The zero-order valence-electron chi connectivity index (χ0n) is 19.5. The molecule has 178 valence electrons. The maximum atomic E-state index is 13.0. The standard InChI is InChI=1S/C23H32N6O3S/c1-17-19-21(29-10-8-27(2)9-11-29)25-16-26-23(19)33-20(17)22(30)24-6-7-28(12-14-31-3)15-18-5-4-13-32-18/h4-5,13,16H,6-12,14-15H2,1-3H3,(H,24,30). The van der Waals surface area contributed by atoms with E-state index < -0.39 is 0 Å². The monoisotopic (exact) mass is 472 g/mol. The van der Waals surface area contributed by atoms with Crippen molar-refractivity contribution in [3.8, 4) is 0 Å². The molecule has 1 aliphatic rings. The van der Waals surface area contributed by atoms with Gasteiger partial charge in [-0.2, -0.15) is 0 Å². The lowest BCUT2D eigenvalue weighted by Gasteiger charge is -2.33. The first-order valence-corrected chi connectivity index (χ1v) is 12.1. The van der Waals surface area contributed by atoms with E-state index in [1.54, 1.807) is 19.7 Å². The van der Waals surface area contributed by atoms with Crippen LogP contribution in [-0.4, -0.2) is 92.3 Å². The third-order valence-corrected chi connectivity index (χ3v) is 7.20. The number of methoxy groups -OCH3 is 1. The lowest BCUT2D eigenvalue weighted by molar-refractivity contribution is 0.0945. The molecule has 10 heteroatoms. The van der Waals surface area contributed by atoms with Crippen molar-refractivity contribution < 1.29 is 13.9 Å². The Morgan fingerprint density at radius 2 is 2.09 bits per heavy atom. The van der Waals surface area contributed by atoms with Crippen molar-refractivity contribution in [3.63, 3.8) is 0 Å². The predicted octanol–water partition coefficient (Wildman–Crippen LogP) is 2.22. The van der Waals surface area contributed by atoms with Crippen molar-refractivity contribution in [2.75, 3.05) is 71.5 Å². The molecule has 4 rings (SSSR count). The number of furan rings is 1. The Bertz CT molecular complexity index is 1050. The van der Waals surface area contributed by atoms with Crippen molar-refractivity contribution in [2.45, 2.75) is 13.5 Å². The highest BCUT2D eigenvalue weighted by molar-refractivity contribution is 7.20. The Morgan fingerprint density at radius 1 is 1.27 bits per heavy atom. The normalized spacial score (nSPS) is 15.0. The molecule has 0 bridgehead atoms. The number of hydrogen-bond donors (Lipinski definition) is 1. The fourth-order valence-electron chi connectivity index (χ4n) is 4.05. The van der Waals surface area contributed by atoms with Gasteiger partial charge in [-0.25, -0.2) is 9.97 Å². The number of carbonyl (C=O) groups excluding carboxylic acids is 1. The topological polar surface area (TPSA) is 87.0 Å². The van der Waals surface area contributed by atoms with Crippen LogP contribution in [0.3, 0.4) is 0 Å². The number of nitrogens with zero attached hydrogens (tertiary/aromatic N) is 5. The van der Waals surface area contributed by atoms with E-state index >= 15 is 0 Å². The van der Waals surface area contributed by atoms with E-state index in [1.165, 1.54) is 11.3 Å². The van der Waals surface area contributed by atoms with Crippen LogP contribution in [-0.2, 0) is 11.3 Å². The van der Waals surface area contributed by atoms with E-state index in [1.807, 2.05) is 19.1 Å². The van der Waals surface area contributed by atoms with Crippen molar-refractivity contribution in [2.24, 2.45) is 0 Å². The second kappa shape index (κ2) is 11.1. The average Bonchev–Trinajstić information content (AvgIpc) is 3.45. The minimum atomic E-state index is -0.0653. The fraction of sp³-hybridized carbons (Fsp3) is 0.522. The number of likely N-dealkylation sites (N-methyl/N-ethyl adjacent to an activating group) is 1. The summed E-state index contributed by atoms with van der Waals surface area (Å²) in [7, 11) is 3.83. The van der Waals surface area contributed by atoms with Crippen LogP contribution in [0.15, 0.2) is 29.1 Å². The van der Waals surface area contributed by atoms with Gasteiger partial charge >= 0.3 is 0 Å². The van der Waals surface area contributed by atoms with Crippen LogP contribution in [0.1, 0.15) is 21.0 Å². The van der Waals surface area contributed by atoms with Crippen molar-refractivity contribution >= 4 is 33.3 Å². The number of fused-ring (bicyclic) bond motifs is 1. The summed E-state index contributed by atoms with van der Waals surface area (Å²) in [6, 6.07) is 3.84. The molecule has 33 heavy (non-hydrogen) atoms. The highest BCUT2D eigenvalue weighted by Gasteiger charge is 2.23. The summed E-state index contributed by atoms with van der Waals surface area (Å²) in [6.45, 7) is 9.14. The van der Waals surface area contributed by atoms with E-state index in [9.17, 15) is 4.79 Å². The van der Waals surface area contributed by atoms with Gasteiger partial charge in [0.25, 0.3) is 5.91 Å². The van der Waals surface area contributed by atoms with Gasteiger partial charge in [0.05, 0.1) is 29.7 Å². The number of hydrogen-bond acceptors (Lipinski definition) is 9. The van der Waals surface area contributed by atoms with Gasteiger partial charge < -0.3 is 24.3 Å². The Labute approximate surface area is 198 Å². The molecule has 1 saturated heterocycles. The van der Waals surface area contributed by atoms with Gasteiger partial charge in [0.2, 0.25) is 0 Å². The molecule has 0 aromatic carbocycles. The number of nitrogens with one attached hydrogen (secondary N) is 1. The molecule has 9 nitrogen and oxygen atoms in total. The molecule has 0 spiro atoms. The number of aromatic nitrogens is 2. The number of rotatable bonds is 10. The number of ether oxygens (including phenoxy) is 1. The molecule has 1 N–H and O–H groups in total. The Morgan fingerprint density at radius 3 is 2.82 bits per heavy atom. The van der Waals surface area contributed by atoms with Gasteiger partial charge in [-0.15, -0.1) is 11.3 Å². The molecule has 4 heterocycles. The molecule has 1 amide bonds. The number of aryl methyl sites for hydroxylation is 1. The maximum Gasteiger partial charge on any atom is 0.261 e. The first kappa shape index (κ1) is 23.6. The SMILES string of the molecule is COCCN(CCNC(=O)c1sc2ncnc(N3CCN(C)CC3)c2c1C)Cc1ccco1. The van der Waals surface area contributed by atoms with E-state index in [4.69, 9.17) is 9.15 Å². The fourth-order valence-corrected chi connectivity index (χ4v) is 5.11. The van der Waals surface area contributed by atoms with Crippen LogP contribution in [0.25, 0.3) is 10.2 Å². The largest absolute Gasteiger partial charge is 0.468 e. The molecular formula is C23H32N6O3S. The summed E-state index contributed by atoms with van der Waals surface area (Å²) in [6.07, 6.45) is 3.28. The van der Waals surface area contributed by atoms with Crippen LogP contribution in [0.2, 0.25) is 0 Å². The first-order valence-electron chi connectivity index (χ1n) is 11.3. The van der Waals surface area contributed by atoms with E-state index in [0.717, 1.165) is 60.1 Å². The molecule has 0 saturated carbocycles. The zero-order valence-corrected chi connectivity index (χ0v) is 20.4. The van der Waals surface area contributed by atoms with Crippen molar-refractivity contribution in [1.82, 2.24) is 25.1 Å². The van der Waals surface area contributed by atoms with Crippen LogP contribution >= 0.6 is 11.3 Å². The number of thiophene rings is 1. The van der Waals surface area contributed by atoms with Crippen LogP contribution in [0.4, 0.5) is 5.82 Å². The predicted molar refractivity (Wildman–Crippen MR) is 130 cm³/mol. The van der Waals surface area contributed by atoms with Crippen LogP contribution in [0.5, 0.6) is 0 Å². The van der Waals surface area contributed by atoms with E-state index in [-0.39, 0.29) is 5.91 Å². The number of amides is 1. The molecule has 3 aromatic rings. The molecule has 0 radical (unpaired) electrons. The highest BCUT2D eigenvalue weighted by Crippen LogP contribution is 2.35. The minimum absolute atomic E-state index is 0.0653.